The van der Waals surface area contributed by atoms with Gasteiger partial charge in [0.1, 0.15) is 0 Å². The molecule has 1 aliphatic heterocycles. The van der Waals surface area contributed by atoms with E-state index in [2.05, 4.69) is 37.5 Å². The van der Waals surface area contributed by atoms with Crippen molar-refractivity contribution in [3.05, 3.63) is 36.1 Å². The van der Waals surface area contributed by atoms with Crippen molar-refractivity contribution in [2.75, 3.05) is 26.3 Å². The molecule has 0 unspecified atom stereocenters. The van der Waals surface area contributed by atoms with Crippen LogP contribution in [0.15, 0.2) is 36.1 Å². The molecule has 1 saturated heterocycles. The first kappa shape index (κ1) is 12.1. The van der Waals surface area contributed by atoms with Crippen LogP contribution < -0.4 is 0 Å². The van der Waals surface area contributed by atoms with Gasteiger partial charge in [-0.2, -0.15) is 0 Å². The molecule has 15 heavy (non-hydrogen) atoms. The van der Waals surface area contributed by atoms with E-state index >= 15 is 0 Å². The number of morpholine rings is 1. The van der Waals surface area contributed by atoms with Crippen LogP contribution in [0.5, 0.6) is 0 Å². The largest absolute Gasteiger partial charge is 0.378 e. The monoisotopic (exact) mass is 207 g/mol. The van der Waals surface area contributed by atoms with Crippen LogP contribution in [-0.2, 0) is 4.74 Å². The summed E-state index contributed by atoms with van der Waals surface area (Å²) >= 11 is 0. The van der Waals surface area contributed by atoms with Crippen molar-refractivity contribution >= 4 is 0 Å². The van der Waals surface area contributed by atoms with Gasteiger partial charge in [-0.3, -0.25) is 0 Å². The Labute approximate surface area is 92.9 Å². The molecule has 2 nitrogen and oxygen atoms in total. The third kappa shape index (κ3) is 3.56. The number of allylic oxidation sites excluding steroid dienone is 4. The summed E-state index contributed by atoms with van der Waals surface area (Å²) in [6.45, 7) is 11.7. The van der Waals surface area contributed by atoms with Gasteiger partial charge in [0.15, 0.2) is 0 Å². The van der Waals surface area contributed by atoms with E-state index in [0.29, 0.717) is 0 Å². The number of hydrogen-bond donors (Lipinski definition) is 0. The maximum atomic E-state index is 5.34. The second-order valence-corrected chi connectivity index (χ2v) is 3.59. The lowest BCUT2D eigenvalue weighted by molar-refractivity contribution is 0.0553. The second kappa shape index (κ2) is 6.46. The lowest BCUT2D eigenvalue weighted by atomic mass is 10.1. The van der Waals surface area contributed by atoms with Gasteiger partial charge in [0.2, 0.25) is 0 Å². The third-order valence-electron chi connectivity index (χ3n) is 2.68. The number of rotatable bonds is 4. The van der Waals surface area contributed by atoms with Crippen molar-refractivity contribution in [3.63, 3.8) is 0 Å². The average Bonchev–Trinajstić information content (AvgIpc) is 2.32. The molecule has 1 fully saturated rings. The Hall–Kier alpha value is -1.02. The van der Waals surface area contributed by atoms with Crippen LogP contribution in [0.3, 0.4) is 0 Å². The van der Waals surface area contributed by atoms with E-state index in [1.54, 1.807) is 0 Å². The van der Waals surface area contributed by atoms with Gasteiger partial charge in [-0.05, 0) is 25.0 Å². The molecule has 0 bridgehead atoms. The highest BCUT2D eigenvalue weighted by atomic mass is 16.5. The predicted octanol–water partition coefficient (Wildman–Crippen LogP) is 2.74. The summed E-state index contributed by atoms with van der Waals surface area (Å²) < 4.78 is 5.34. The summed E-state index contributed by atoms with van der Waals surface area (Å²) in [5.74, 6) is 0. The van der Waals surface area contributed by atoms with E-state index in [1.807, 2.05) is 6.08 Å². The fourth-order valence-corrected chi connectivity index (χ4v) is 1.67. The van der Waals surface area contributed by atoms with Crippen molar-refractivity contribution in [1.82, 2.24) is 4.90 Å². The lowest BCUT2D eigenvalue weighted by Crippen LogP contribution is -2.35. The van der Waals surface area contributed by atoms with E-state index in [9.17, 15) is 0 Å². The normalized spacial score (nSPS) is 19.2. The highest BCUT2D eigenvalue weighted by molar-refractivity contribution is 5.28. The Balaban J connectivity index is 2.70. The van der Waals surface area contributed by atoms with Crippen LogP contribution in [0, 0.1) is 0 Å². The minimum absolute atomic E-state index is 0.834. The van der Waals surface area contributed by atoms with Crippen LogP contribution in [0.2, 0.25) is 0 Å². The van der Waals surface area contributed by atoms with E-state index in [-0.39, 0.29) is 0 Å². The maximum absolute atomic E-state index is 5.34. The minimum Gasteiger partial charge on any atom is -0.378 e. The first-order valence-electron chi connectivity index (χ1n) is 5.63. The lowest BCUT2D eigenvalue weighted by Gasteiger charge is -2.30. The minimum atomic E-state index is 0.834. The molecule has 1 aliphatic rings. The highest BCUT2D eigenvalue weighted by Crippen LogP contribution is 2.13. The first-order valence-corrected chi connectivity index (χ1v) is 5.63. The van der Waals surface area contributed by atoms with Crippen molar-refractivity contribution in [1.29, 1.82) is 0 Å². The Kier molecular flexibility index (Phi) is 5.19. The molecule has 0 aromatic heterocycles. The third-order valence-corrected chi connectivity index (χ3v) is 2.68. The van der Waals surface area contributed by atoms with Gasteiger partial charge in [0.25, 0.3) is 0 Å². The van der Waals surface area contributed by atoms with Gasteiger partial charge >= 0.3 is 0 Å². The zero-order valence-corrected chi connectivity index (χ0v) is 9.83. The summed E-state index contributed by atoms with van der Waals surface area (Å²) in [5, 5.41) is 0. The highest BCUT2D eigenvalue weighted by Gasteiger charge is 2.11. The molecule has 1 heterocycles. The molecule has 84 valence electrons. The molecular weight excluding hydrogens is 186 g/mol. The molecule has 0 aromatic carbocycles. The molecule has 0 saturated carbocycles. The molecule has 0 spiro atoms. The fourth-order valence-electron chi connectivity index (χ4n) is 1.67. The van der Waals surface area contributed by atoms with Crippen molar-refractivity contribution in [3.8, 4) is 0 Å². The first-order chi connectivity index (χ1) is 7.31. The summed E-state index contributed by atoms with van der Waals surface area (Å²) in [5.41, 5.74) is 2.57. The number of ether oxygens (including phenoxy) is 1. The van der Waals surface area contributed by atoms with Crippen LogP contribution in [0.4, 0.5) is 0 Å². The van der Waals surface area contributed by atoms with Gasteiger partial charge < -0.3 is 9.64 Å². The molecule has 0 aliphatic carbocycles. The second-order valence-electron chi connectivity index (χ2n) is 3.59. The SMILES string of the molecule is C=C/C(=C\C(=C/C)N1CCOCC1)CC. The summed E-state index contributed by atoms with van der Waals surface area (Å²) in [7, 11) is 0. The molecule has 1 rings (SSSR count). The predicted molar refractivity (Wildman–Crippen MR) is 64.7 cm³/mol. The standard InChI is InChI=1S/C13H21NO/c1-4-12(5-2)11-13(6-3)14-7-9-15-10-8-14/h4,6,11H,1,5,7-10H2,2-3H3/b12-11+,13-6+. The Bertz CT molecular complexity index is 260. The zero-order chi connectivity index (χ0) is 11.1. The summed E-state index contributed by atoms with van der Waals surface area (Å²) in [4.78, 5) is 2.36. The number of hydrogen-bond acceptors (Lipinski definition) is 2. The Morgan fingerprint density at radius 2 is 2.07 bits per heavy atom. The van der Waals surface area contributed by atoms with Crippen LogP contribution in [0.25, 0.3) is 0 Å². The Morgan fingerprint density at radius 3 is 2.53 bits per heavy atom. The van der Waals surface area contributed by atoms with Gasteiger partial charge in [-0.1, -0.05) is 25.7 Å². The summed E-state index contributed by atoms with van der Waals surface area (Å²) in [6, 6.07) is 0. The molecule has 0 atom stereocenters. The van der Waals surface area contributed by atoms with E-state index in [1.165, 1.54) is 11.3 Å². The van der Waals surface area contributed by atoms with Gasteiger partial charge in [-0.25, -0.2) is 0 Å². The van der Waals surface area contributed by atoms with Crippen molar-refractivity contribution < 1.29 is 4.74 Å². The van der Waals surface area contributed by atoms with Gasteiger partial charge in [-0.15, -0.1) is 0 Å². The van der Waals surface area contributed by atoms with E-state index < -0.39 is 0 Å². The smallest absolute Gasteiger partial charge is 0.0642 e. The molecule has 0 N–H and O–H groups in total. The van der Waals surface area contributed by atoms with Crippen molar-refractivity contribution in [2.24, 2.45) is 0 Å². The molecular formula is C13H21NO. The summed E-state index contributed by atoms with van der Waals surface area (Å²) in [6.07, 6.45) is 7.35. The zero-order valence-electron chi connectivity index (χ0n) is 9.83. The van der Waals surface area contributed by atoms with Gasteiger partial charge in [0, 0.05) is 18.8 Å². The fraction of sp³-hybridized carbons (Fsp3) is 0.538. The van der Waals surface area contributed by atoms with Crippen LogP contribution in [-0.4, -0.2) is 31.2 Å². The molecule has 0 aromatic rings. The number of nitrogens with zero attached hydrogens (tertiary/aromatic N) is 1. The Morgan fingerprint density at radius 1 is 1.40 bits per heavy atom. The molecule has 0 radical (unpaired) electrons. The van der Waals surface area contributed by atoms with Crippen LogP contribution in [0.1, 0.15) is 20.3 Å². The maximum Gasteiger partial charge on any atom is 0.0642 e. The van der Waals surface area contributed by atoms with Crippen LogP contribution >= 0.6 is 0 Å². The van der Waals surface area contributed by atoms with E-state index in [4.69, 9.17) is 4.74 Å². The van der Waals surface area contributed by atoms with E-state index in [0.717, 1.165) is 32.7 Å². The average molecular weight is 207 g/mol. The molecule has 0 amide bonds. The quantitative estimate of drug-likeness (QED) is 0.657. The van der Waals surface area contributed by atoms with Crippen molar-refractivity contribution in [2.45, 2.75) is 20.3 Å². The van der Waals surface area contributed by atoms with Gasteiger partial charge in [0.05, 0.1) is 13.2 Å². The molecule has 2 heteroatoms. The topological polar surface area (TPSA) is 12.5 Å².